The van der Waals surface area contributed by atoms with Crippen molar-refractivity contribution in [2.75, 3.05) is 0 Å². The van der Waals surface area contributed by atoms with Crippen LogP contribution in [-0.2, 0) is 0 Å². The average Bonchev–Trinajstić information content (AvgIpc) is 2.47. The number of aromatic carboxylic acids is 1. The summed E-state index contributed by atoms with van der Waals surface area (Å²) in [7, 11) is 0. The fraction of sp³-hybridized carbons (Fsp3) is 0.0625. The number of fused-ring (bicyclic) bond motifs is 2. The van der Waals surface area contributed by atoms with Crippen molar-refractivity contribution >= 4 is 17.5 Å². The molecule has 0 atom stereocenters. The van der Waals surface area contributed by atoms with Crippen LogP contribution in [0.5, 0.6) is 23.0 Å². The third-order valence-electron chi connectivity index (χ3n) is 3.96. The molecular weight excluding hydrogens is 320 g/mol. The van der Waals surface area contributed by atoms with E-state index in [1.54, 1.807) is 0 Å². The number of phenols is 4. The van der Waals surface area contributed by atoms with Crippen molar-refractivity contribution in [1.29, 1.82) is 0 Å². The summed E-state index contributed by atoms with van der Waals surface area (Å²) in [5, 5.41) is 48.3. The number of hydrogen-bond donors (Lipinski definition) is 5. The molecule has 122 valence electrons. The summed E-state index contributed by atoms with van der Waals surface area (Å²) in [6, 6.07) is 1.52. The van der Waals surface area contributed by atoms with Crippen LogP contribution in [0, 0.1) is 6.92 Å². The minimum atomic E-state index is -1.49. The normalized spacial score (nSPS) is 12.7. The highest BCUT2D eigenvalue weighted by Gasteiger charge is 2.38. The Morgan fingerprint density at radius 1 is 0.833 bits per heavy atom. The van der Waals surface area contributed by atoms with Gasteiger partial charge in [-0.15, -0.1) is 0 Å². The molecule has 0 amide bonds. The summed E-state index contributed by atoms with van der Waals surface area (Å²) >= 11 is 0. The molecule has 0 radical (unpaired) electrons. The van der Waals surface area contributed by atoms with Crippen molar-refractivity contribution in [2.24, 2.45) is 0 Å². The Kier molecular flexibility index (Phi) is 3.02. The third kappa shape index (κ3) is 1.76. The van der Waals surface area contributed by atoms with Crippen molar-refractivity contribution in [2.45, 2.75) is 6.92 Å². The largest absolute Gasteiger partial charge is 0.507 e. The molecular formula is C16H10O8. The second kappa shape index (κ2) is 4.72. The van der Waals surface area contributed by atoms with E-state index in [-0.39, 0.29) is 16.7 Å². The fourth-order valence-electron chi connectivity index (χ4n) is 2.90. The molecule has 2 aromatic rings. The predicted molar refractivity (Wildman–Crippen MR) is 78.1 cm³/mol. The highest BCUT2D eigenvalue weighted by molar-refractivity contribution is 6.31. The molecule has 0 heterocycles. The first-order chi connectivity index (χ1) is 11.2. The van der Waals surface area contributed by atoms with Gasteiger partial charge in [0.1, 0.15) is 17.1 Å². The maximum atomic E-state index is 12.7. The number of ketones is 2. The summed E-state index contributed by atoms with van der Waals surface area (Å²) in [4.78, 5) is 36.5. The first-order valence-electron chi connectivity index (χ1n) is 6.64. The molecule has 0 fully saturated rings. The Morgan fingerprint density at radius 3 is 2.04 bits per heavy atom. The molecule has 3 rings (SSSR count). The van der Waals surface area contributed by atoms with E-state index in [0.29, 0.717) is 6.07 Å². The quantitative estimate of drug-likeness (QED) is 0.330. The topological polar surface area (TPSA) is 152 Å². The van der Waals surface area contributed by atoms with E-state index in [4.69, 9.17) is 5.11 Å². The van der Waals surface area contributed by atoms with Crippen LogP contribution >= 0.6 is 0 Å². The van der Waals surface area contributed by atoms with Crippen LogP contribution in [0.2, 0.25) is 0 Å². The summed E-state index contributed by atoms with van der Waals surface area (Å²) in [5.41, 5.74) is -2.44. The second-order valence-electron chi connectivity index (χ2n) is 5.30. The highest BCUT2D eigenvalue weighted by atomic mass is 16.4. The van der Waals surface area contributed by atoms with Gasteiger partial charge in [-0.25, -0.2) is 4.79 Å². The number of hydrogen-bond acceptors (Lipinski definition) is 7. The standard InChI is InChI=1S/C16H10O8/c1-4-9-5(2-6(17)10(4)16(23)24)13(20)12-11(15(9)22)7(18)3-8(19)14(12)21/h2-3,17-19,21H,1H3,(H,23,24). The summed E-state index contributed by atoms with van der Waals surface area (Å²) < 4.78 is 0. The van der Waals surface area contributed by atoms with Gasteiger partial charge in [0, 0.05) is 17.2 Å². The predicted octanol–water partition coefficient (Wildman–Crippen LogP) is 1.29. The molecule has 0 bridgehead atoms. The number of carboxylic acid groups (broad SMARTS) is 1. The fourth-order valence-corrected chi connectivity index (χ4v) is 2.90. The number of rotatable bonds is 1. The minimum Gasteiger partial charge on any atom is -0.507 e. The van der Waals surface area contributed by atoms with E-state index in [1.165, 1.54) is 6.92 Å². The maximum Gasteiger partial charge on any atom is 0.339 e. The number of carbonyl (C=O) groups excluding carboxylic acids is 2. The summed E-state index contributed by atoms with van der Waals surface area (Å²) in [6.07, 6.45) is 0. The number of aromatic hydroxyl groups is 4. The van der Waals surface area contributed by atoms with Gasteiger partial charge in [-0.3, -0.25) is 9.59 Å². The monoisotopic (exact) mass is 330 g/mol. The zero-order valence-corrected chi connectivity index (χ0v) is 12.1. The zero-order chi connectivity index (χ0) is 17.9. The second-order valence-corrected chi connectivity index (χ2v) is 5.30. The van der Waals surface area contributed by atoms with Crippen LogP contribution in [0.3, 0.4) is 0 Å². The van der Waals surface area contributed by atoms with Crippen LogP contribution in [0.25, 0.3) is 0 Å². The maximum absolute atomic E-state index is 12.7. The number of benzene rings is 2. The molecule has 2 aromatic carbocycles. The first kappa shape index (κ1) is 15.3. The van der Waals surface area contributed by atoms with E-state index in [9.17, 15) is 34.8 Å². The van der Waals surface area contributed by atoms with Gasteiger partial charge < -0.3 is 25.5 Å². The molecule has 1 aliphatic rings. The lowest BCUT2D eigenvalue weighted by Crippen LogP contribution is -2.23. The van der Waals surface area contributed by atoms with Gasteiger partial charge >= 0.3 is 5.97 Å². The van der Waals surface area contributed by atoms with Gasteiger partial charge in [-0.2, -0.15) is 0 Å². The van der Waals surface area contributed by atoms with Crippen LogP contribution in [0.15, 0.2) is 12.1 Å². The van der Waals surface area contributed by atoms with E-state index in [1.807, 2.05) is 0 Å². The van der Waals surface area contributed by atoms with Crippen LogP contribution in [-0.4, -0.2) is 43.1 Å². The van der Waals surface area contributed by atoms with Gasteiger partial charge in [0.25, 0.3) is 0 Å². The highest BCUT2D eigenvalue weighted by Crippen LogP contribution is 2.44. The van der Waals surface area contributed by atoms with Crippen molar-refractivity contribution in [3.05, 3.63) is 45.5 Å². The third-order valence-corrected chi connectivity index (χ3v) is 3.96. The molecule has 0 spiro atoms. The van der Waals surface area contributed by atoms with Crippen LogP contribution < -0.4 is 0 Å². The number of carboxylic acids is 1. The van der Waals surface area contributed by atoms with Crippen LogP contribution in [0.4, 0.5) is 0 Å². The van der Waals surface area contributed by atoms with E-state index in [2.05, 4.69) is 0 Å². The molecule has 0 aromatic heterocycles. The van der Waals surface area contributed by atoms with Gasteiger partial charge in [0.05, 0.1) is 11.1 Å². The molecule has 0 unspecified atom stereocenters. The Balaban J connectivity index is 2.45. The summed E-state index contributed by atoms with van der Waals surface area (Å²) in [6.45, 7) is 1.25. The Morgan fingerprint density at radius 2 is 1.46 bits per heavy atom. The molecule has 8 heteroatoms. The molecule has 24 heavy (non-hydrogen) atoms. The van der Waals surface area contributed by atoms with Crippen molar-refractivity contribution < 1.29 is 39.9 Å². The Hall–Kier alpha value is -3.55. The SMILES string of the molecule is Cc1c(C(=O)O)c(O)cc2c1C(=O)c1c(O)cc(O)c(O)c1C2=O. The van der Waals surface area contributed by atoms with Crippen LogP contribution in [0.1, 0.15) is 47.8 Å². The van der Waals surface area contributed by atoms with Gasteiger partial charge in [-0.05, 0) is 18.6 Å². The van der Waals surface area contributed by atoms with E-state index >= 15 is 0 Å². The molecule has 0 aliphatic heterocycles. The smallest absolute Gasteiger partial charge is 0.339 e. The number of carbonyl (C=O) groups is 3. The zero-order valence-electron chi connectivity index (χ0n) is 12.1. The molecule has 0 saturated heterocycles. The molecule has 8 nitrogen and oxygen atoms in total. The lowest BCUT2D eigenvalue weighted by molar-refractivity contribution is 0.0692. The molecule has 0 saturated carbocycles. The lowest BCUT2D eigenvalue weighted by Gasteiger charge is -2.22. The van der Waals surface area contributed by atoms with E-state index < -0.39 is 57.2 Å². The van der Waals surface area contributed by atoms with Crippen molar-refractivity contribution in [3.63, 3.8) is 0 Å². The summed E-state index contributed by atoms with van der Waals surface area (Å²) in [5.74, 6) is -6.44. The lowest BCUT2D eigenvalue weighted by atomic mass is 9.79. The number of phenolic OH excluding ortho intramolecular Hbond substituents is 3. The molecule has 1 aliphatic carbocycles. The molecule has 5 N–H and O–H groups in total. The Labute approximate surface area is 133 Å². The minimum absolute atomic E-state index is 0.145. The average molecular weight is 330 g/mol. The van der Waals surface area contributed by atoms with Gasteiger partial charge in [0.15, 0.2) is 23.1 Å². The van der Waals surface area contributed by atoms with Gasteiger partial charge in [-0.1, -0.05) is 0 Å². The van der Waals surface area contributed by atoms with Crippen molar-refractivity contribution in [1.82, 2.24) is 0 Å². The first-order valence-corrected chi connectivity index (χ1v) is 6.64. The Bertz CT molecular complexity index is 971. The van der Waals surface area contributed by atoms with Gasteiger partial charge in [0.2, 0.25) is 0 Å². The van der Waals surface area contributed by atoms with E-state index in [0.717, 1.165) is 6.07 Å². The van der Waals surface area contributed by atoms with Crippen molar-refractivity contribution in [3.8, 4) is 23.0 Å².